The second-order valence-corrected chi connectivity index (χ2v) is 6.98. The second-order valence-electron chi connectivity index (χ2n) is 6.98. The third kappa shape index (κ3) is 3.14. The number of H-pyrrole nitrogens is 1. The molecule has 2 heterocycles. The molecule has 0 radical (unpaired) electrons. The summed E-state index contributed by atoms with van der Waals surface area (Å²) in [6.45, 7) is 3.88. The van der Waals surface area contributed by atoms with Crippen LogP contribution in [-0.4, -0.2) is 26.1 Å². The lowest BCUT2D eigenvalue weighted by atomic mass is 10.0. The molecular formula is C18H22N6O. The van der Waals surface area contributed by atoms with Crippen molar-refractivity contribution < 1.29 is 4.79 Å². The third-order valence-corrected chi connectivity index (χ3v) is 4.88. The lowest BCUT2D eigenvalue weighted by Gasteiger charge is -2.10. The first-order valence-corrected chi connectivity index (χ1v) is 8.69. The van der Waals surface area contributed by atoms with E-state index in [4.69, 9.17) is 5.73 Å². The smallest absolute Gasteiger partial charge is 0.273 e. The molecule has 2 saturated carbocycles. The molecule has 2 aliphatic carbocycles. The van der Waals surface area contributed by atoms with Gasteiger partial charge in [-0.1, -0.05) is 0 Å². The molecule has 0 aliphatic heterocycles. The highest BCUT2D eigenvalue weighted by Crippen LogP contribution is 2.49. The number of amides is 1. The van der Waals surface area contributed by atoms with Crippen LogP contribution in [0.2, 0.25) is 0 Å². The Morgan fingerprint density at radius 3 is 2.24 bits per heavy atom. The predicted octanol–water partition coefficient (Wildman–Crippen LogP) is 2.45. The van der Waals surface area contributed by atoms with Crippen LogP contribution in [0.1, 0.15) is 37.1 Å². The molecule has 25 heavy (non-hydrogen) atoms. The highest BCUT2D eigenvalue weighted by molar-refractivity contribution is 6.02. The van der Waals surface area contributed by atoms with Crippen molar-refractivity contribution in [2.24, 2.45) is 17.6 Å². The number of hydrogen-bond donors (Lipinski definition) is 3. The molecule has 2 aromatic heterocycles. The molecule has 2 aromatic rings. The van der Waals surface area contributed by atoms with Crippen LogP contribution >= 0.6 is 0 Å². The normalized spacial score (nSPS) is 16.6. The summed E-state index contributed by atoms with van der Waals surface area (Å²) >= 11 is 0. The summed E-state index contributed by atoms with van der Waals surface area (Å²) in [5.41, 5.74) is 11.4. The van der Waals surface area contributed by atoms with Gasteiger partial charge in [-0.15, -0.1) is 0 Å². The number of aryl methyl sites for hydroxylation is 2. The molecule has 7 nitrogen and oxygen atoms in total. The molecule has 2 fully saturated rings. The Morgan fingerprint density at radius 2 is 1.76 bits per heavy atom. The highest BCUT2D eigenvalue weighted by atomic mass is 16.2. The topological polar surface area (TPSA) is 110 Å². The molecule has 4 rings (SSSR count). The zero-order valence-electron chi connectivity index (χ0n) is 14.5. The minimum Gasteiger partial charge on any atom is -0.394 e. The van der Waals surface area contributed by atoms with E-state index in [2.05, 4.69) is 25.5 Å². The molecule has 0 spiro atoms. The molecule has 4 N–H and O–H groups in total. The first-order valence-electron chi connectivity index (χ1n) is 8.69. The zero-order valence-corrected chi connectivity index (χ0v) is 14.5. The van der Waals surface area contributed by atoms with Crippen molar-refractivity contribution in [3.8, 4) is 11.1 Å². The lowest BCUT2D eigenvalue weighted by molar-refractivity contribution is -0.113. The van der Waals surface area contributed by atoms with Crippen LogP contribution in [0.25, 0.3) is 11.1 Å². The molecule has 0 bridgehead atoms. The number of nitrogens with two attached hydrogens (primary N) is 1. The largest absolute Gasteiger partial charge is 0.394 e. The van der Waals surface area contributed by atoms with Gasteiger partial charge in [0.1, 0.15) is 0 Å². The van der Waals surface area contributed by atoms with Gasteiger partial charge in [-0.25, -0.2) is 9.97 Å². The molecule has 0 aromatic carbocycles. The van der Waals surface area contributed by atoms with Crippen LogP contribution < -0.4 is 11.1 Å². The summed E-state index contributed by atoms with van der Waals surface area (Å²) in [5.74, 6) is 0.987. The fraction of sp³-hybridized carbons (Fsp3) is 0.444. The molecule has 0 atom stereocenters. The van der Waals surface area contributed by atoms with Gasteiger partial charge in [-0.2, -0.15) is 5.10 Å². The molecule has 0 unspecified atom stereocenters. The number of carbonyl (C=O) groups excluding carboxylic acids is 1. The zero-order chi connectivity index (χ0) is 17.6. The van der Waals surface area contributed by atoms with E-state index < -0.39 is 0 Å². The number of nitrogens with zero attached hydrogens (tertiary/aromatic N) is 3. The van der Waals surface area contributed by atoms with Gasteiger partial charge in [0.05, 0.1) is 11.4 Å². The highest BCUT2D eigenvalue weighted by Gasteiger charge is 2.39. The maximum Gasteiger partial charge on any atom is 0.273 e. The number of carbonyl (C=O) groups is 1. The molecule has 7 heteroatoms. The summed E-state index contributed by atoms with van der Waals surface area (Å²) in [5, 5.41) is 9.84. The van der Waals surface area contributed by atoms with Gasteiger partial charge in [-0.3, -0.25) is 15.2 Å². The van der Waals surface area contributed by atoms with Crippen LogP contribution in [0.15, 0.2) is 23.7 Å². The quantitative estimate of drug-likeness (QED) is 0.725. The third-order valence-electron chi connectivity index (χ3n) is 4.88. The van der Waals surface area contributed by atoms with Crippen LogP contribution in [-0.2, 0) is 4.79 Å². The minimum atomic E-state index is -0.294. The van der Waals surface area contributed by atoms with E-state index >= 15 is 0 Å². The van der Waals surface area contributed by atoms with Crippen molar-refractivity contribution in [1.82, 2.24) is 20.2 Å². The van der Waals surface area contributed by atoms with E-state index in [9.17, 15) is 4.79 Å². The molecule has 2 aliphatic rings. The van der Waals surface area contributed by atoms with Crippen LogP contribution in [0, 0.1) is 25.7 Å². The van der Waals surface area contributed by atoms with Crippen molar-refractivity contribution in [1.29, 1.82) is 0 Å². The summed E-state index contributed by atoms with van der Waals surface area (Å²) in [6.07, 6.45) is 7.97. The van der Waals surface area contributed by atoms with Crippen LogP contribution in [0.4, 0.5) is 5.95 Å². The summed E-state index contributed by atoms with van der Waals surface area (Å²) in [4.78, 5) is 21.0. The number of anilines is 1. The number of hydrogen-bond acceptors (Lipinski definition) is 5. The first-order chi connectivity index (χ1) is 12.0. The number of aromatic amines is 1. The van der Waals surface area contributed by atoms with Crippen molar-refractivity contribution in [3.63, 3.8) is 0 Å². The standard InChI is InChI=1S/C18H22N6O/c1-9-14(10(2)24-23-9)13-7-20-18(21-8-13)22-17(25)16(19)15(11-3-4-11)12-5-6-12/h7-8,11-12H,3-6,19H2,1-2H3,(H,23,24)(H,20,21,22,25). The number of rotatable bonds is 5. The molecule has 130 valence electrons. The van der Waals surface area contributed by atoms with Gasteiger partial charge in [0.2, 0.25) is 5.95 Å². The van der Waals surface area contributed by atoms with E-state index in [0.29, 0.717) is 17.5 Å². The van der Waals surface area contributed by atoms with E-state index in [-0.39, 0.29) is 11.9 Å². The second kappa shape index (κ2) is 5.98. The van der Waals surface area contributed by atoms with Crippen LogP contribution in [0.5, 0.6) is 0 Å². The molecule has 1 amide bonds. The van der Waals surface area contributed by atoms with E-state index in [1.807, 2.05) is 13.8 Å². The number of allylic oxidation sites excluding steroid dienone is 1. The average Bonchev–Trinajstić information content (AvgIpc) is 3.51. The Morgan fingerprint density at radius 1 is 1.16 bits per heavy atom. The Hall–Kier alpha value is -2.70. The molecule has 0 saturated heterocycles. The summed E-state index contributed by atoms with van der Waals surface area (Å²) in [6, 6.07) is 0. The van der Waals surface area contributed by atoms with Gasteiger partial charge in [0.25, 0.3) is 5.91 Å². The lowest BCUT2D eigenvalue weighted by Crippen LogP contribution is -2.24. The number of nitrogens with one attached hydrogen (secondary N) is 2. The van der Waals surface area contributed by atoms with E-state index in [1.54, 1.807) is 12.4 Å². The fourth-order valence-corrected chi connectivity index (χ4v) is 3.36. The average molecular weight is 338 g/mol. The molecular weight excluding hydrogens is 316 g/mol. The van der Waals surface area contributed by atoms with Crippen LogP contribution in [0.3, 0.4) is 0 Å². The summed E-state index contributed by atoms with van der Waals surface area (Å²) < 4.78 is 0. The first kappa shape index (κ1) is 15.8. The van der Waals surface area contributed by atoms with Gasteiger partial charge >= 0.3 is 0 Å². The van der Waals surface area contributed by atoms with E-state index in [0.717, 1.165) is 53.8 Å². The Labute approximate surface area is 146 Å². The minimum absolute atomic E-state index is 0.265. The van der Waals surface area contributed by atoms with Crippen molar-refractivity contribution >= 4 is 11.9 Å². The van der Waals surface area contributed by atoms with Crippen molar-refractivity contribution in [2.45, 2.75) is 39.5 Å². The fourth-order valence-electron chi connectivity index (χ4n) is 3.36. The van der Waals surface area contributed by atoms with Gasteiger partial charge in [-0.05, 0) is 56.9 Å². The Bertz CT molecular complexity index is 809. The summed E-state index contributed by atoms with van der Waals surface area (Å²) in [7, 11) is 0. The maximum atomic E-state index is 12.5. The SMILES string of the molecule is Cc1n[nH]c(C)c1-c1cnc(NC(=O)C(N)=C(C2CC2)C2CC2)nc1. The number of aromatic nitrogens is 4. The maximum absolute atomic E-state index is 12.5. The Balaban J connectivity index is 1.51. The van der Waals surface area contributed by atoms with Gasteiger partial charge in [0.15, 0.2) is 0 Å². The predicted molar refractivity (Wildman–Crippen MR) is 94.4 cm³/mol. The van der Waals surface area contributed by atoms with Gasteiger partial charge in [0, 0.05) is 29.2 Å². The van der Waals surface area contributed by atoms with Crippen molar-refractivity contribution in [2.75, 3.05) is 5.32 Å². The Kier molecular flexibility index (Phi) is 3.78. The van der Waals surface area contributed by atoms with E-state index in [1.165, 1.54) is 0 Å². The monoisotopic (exact) mass is 338 g/mol. The van der Waals surface area contributed by atoms with Crippen molar-refractivity contribution in [3.05, 3.63) is 35.1 Å². The van der Waals surface area contributed by atoms with Gasteiger partial charge < -0.3 is 5.73 Å².